The second kappa shape index (κ2) is 7.46. The number of hydrogen-bond acceptors (Lipinski definition) is 6. The van der Waals surface area contributed by atoms with Crippen LogP contribution in [0.25, 0.3) is 11.0 Å². The van der Waals surface area contributed by atoms with Crippen LogP contribution in [-0.2, 0) is 20.9 Å². The van der Waals surface area contributed by atoms with Crippen molar-refractivity contribution in [1.82, 2.24) is 14.9 Å². The first-order valence-corrected chi connectivity index (χ1v) is 9.07. The number of hydrogen-bond donors (Lipinski definition) is 1. The number of para-hydroxylation sites is 1. The molecule has 1 aliphatic heterocycles. The van der Waals surface area contributed by atoms with Gasteiger partial charge in [-0.1, -0.05) is 6.07 Å². The first kappa shape index (κ1) is 19.0. The Bertz CT molecular complexity index is 832. The highest BCUT2D eigenvalue weighted by Crippen LogP contribution is 2.26. The fourth-order valence-electron chi connectivity index (χ4n) is 3.02. The second-order valence-electron chi connectivity index (χ2n) is 7.59. The van der Waals surface area contributed by atoms with Crippen LogP contribution in [0.3, 0.4) is 0 Å². The maximum Gasteiger partial charge on any atom is 0.410 e. The molecule has 3 rings (SSSR count). The number of amides is 1. The molecule has 0 aliphatic carbocycles. The third-order valence-corrected chi connectivity index (χ3v) is 4.22. The van der Waals surface area contributed by atoms with Crippen molar-refractivity contribution in [3.05, 3.63) is 24.0 Å². The third kappa shape index (κ3) is 4.69. The van der Waals surface area contributed by atoms with E-state index in [1.807, 2.05) is 39.0 Å². The van der Waals surface area contributed by atoms with Gasteiger partial charge >= 0.3 is 12.1 Å². The van der Waals surface area contributed by atoms with Crippen molar-refractivity contribution in [3.8, 4) is 0 Å². The smallest absolute Gasteiger partial charge is 0.410 e. The Morgan fingerprint density at radius 2 is 1.89 bits per heavy atom. The molecular formula is C19H26N4O4. The minimum atomic E-state index is -0.493. The van der Waals surface area contributed by atoms with Crippen molar-refractivity contribution in [3.63, 3.8) is 0 Å². The highest BCUT2D eigenvalue weighted by molar-refractivity contribution is 5.89. The van der Waals surface area contributed by atoms with Gasteiger partial charge in [-0.3, -0.25) is 4.79 Å². The van der Waals surface area contributed by atoms with E-state index in [9.17, 15) is 9.59 Å². The van der Waals surface area contributed by atoms with E-state index in [1.54, 1.807) is 4.90 Å². The largest absolute Gasteiger partial charge is 0.458 e. The van der Waals surface area contributed by atoms with Crippen molar-refractivity contribution < 1.29 is 19.1 Å². The summed E-state index contributed by atoms with van der Waals surface area (Å²) in [6, 6.07) is 5.92. The van der Waals surface area contributed by atoms with Crippen LogP contribution < -0.4 is 4.90 Å². The zero-order valence-electron chi connectivity index (χ0n) is 16.2. The summed E-state index contributed by atoms with van der Waals surface area (Å²) in [4.78, 5) is 34.9. The average molecular weight is 374 g/mol. The summed E-state index contributed by atoms with van der Waals surface area (Å²) >= 11 is 0. The summed E-state index contributed by atoms with van der Waals surface area (Å²) in [5.74, 6) is 0.272. The Balaban J connectivity index is 1.69. The summed E-state index contributed by atoms with van der Waals surface area (Å²) in [5, 5.41) is 0. The number of nitrogens with zero attached hydrogens (tertiary/aromatic N) is 3. The Morgan fingerprint density at radius 1 is 1.19 bits per heavy atom. The van der Waals surface area contributed by atoms with Crippen LogP contribution in [0.5, 0.6) is 0 Å². The molecule has 8 heteroatoms. The SMILES string of the molecule is CC(=O)OCc1nc2c(N3CCN(C(=O)OC(C)(C)C)CC3)cccc2[nH]1. The quantitative estimate of drug-likeness (QED) is 0.831. The van der Waals surface area contributed by atoms with Crippen LogP contribution in [0.15, 0.2) is 18.2 Å². The molecule has 8 nitrogen and oxygen atoms in total. The lowest BCUT2D eigenvalue weighted by molar-refractivity contribution is -0.142. The van der Waals surface area contributed by atoms with Crippen molar-refractivity contribution in [2.75, 3.05) is 31.1 Å². The zero-order chi connectivity index (χ0) is 19.6. The number of aromatic amines is 1. The standard InChI is InChI=1S/C19H26N4O4/c1-13(24)26-12-16-20-14-6-5-7-15(17(14)21-16)22-8-10-23(11-9-22)18(25)27-19(2,3)4/h5-7H,8-12H2,1-4H3,(H,20,21). The molecule has 1 N–H and O–H groups in total. The molecule has 1 saturated heterocycles. The van der Waals surface area contributed by atoms with E-state index in [0.717, 1.165) is 16.7 Å². The van der Waals surface area contributed by atoms with Gasteiger partial charge in [0.05, 0.1) is 11.2 Å². The van der Waals surface area contributed by atoms with E-state index in [1.165, 1.54) is 6.92 Å². The average Bonchev–Trinajstić information content (AvgIpc) is 3.01. The van der Waals surface area contributed by atoms with E-state index in [-0.39, 0.29) is 18.7 Å². The number of piperazine rings is 1. The Kier molecular flexibility index (Phi) is 5.25. The molecule has 27 heavy (non-hydrogen) atoms. The van der Waals surface area contributed by atoms with Gasteiger partial charge in [0.1, 0.15) is 23.5 Å². The second-order valence-corrected chi connectivity index (χ2v) is 7.59. The van der Waals surface area contributed by atoms with Crippen LogP contribution in [0.1, 0.15) is 33.5 Å². The number of nitrogens with one attached hydrogen (secondary N) is 1. The minimum absolute atomic E-state index is 0.121. The van der Waals surface area contributed by atoms with Gasteiger partial charge in [-0.2, -0.15) is 0 Å². The topological polar surface area (TPSA) is 87.8 Å². The first-order chi connectivity index (χ1) is 12.7. The molecule has 2 aromatic rings. The van der Waals surface area contributed by atoms with Gasteiger partial charge < -0.3 is 24.3 Å². The number of aromatic nitrogens is 2. The Morgan fingerprint density at radius 3 is 2.52 bits per heavy atom. The van der Waals surface area contributed by atoms with Crippen LogP contribution in [0, 0.1) is 0 Å². The van der Waals surface area contributed by atoms with Gasteiger partial charge in [0, 0.05) is 33.1 Å². The molecule has 146 valence electrons. The summed E-state index contributed by atoms with van der Waals surface area (Å²) in [6.07, 6.45) is -0.274. The molecular weight excluding hydrogens is 348 g/mol. The summed E-state index contributed by atoms with van der Waals surface area (Å²) in [7, 11) is 0. The van der Waals surface area contributed by atoms with Crippen LogP contribution in [0.4, 0.5) is 10.5 Å². The van der Waals surface area contributed by atoms with Crippen LogP contribution in [0.2, 0.25) is 0 Å². The number of rotatable bonds is 3. The molecule has 0 spiro atoms. The van der Waals surface area contributed by atoms with Crippen LogP contribution in [-0.4, -0.2) is 58.7 Å². The van der Waals surface area contributed by atoms with Gasteiger partial charge in [0.2, 0.25) is 0 Å². The van der Waals surface area contributed by atoms with Gasteiger partial charge in [0.25, 0.3) is 0 Å². The number of carbonyl (C=O) groups excluding carboxylic acids is 2. The normalized spacial score (nSPS) is 15.1. The van der Waals surface area contributed by atoms with Gasteiger partial charge in [-0.05, 0) is 32.9 Å². The van der Waals surface area contributed by atoms with E-state index in [2.05, 4.69) is 14.9 Å². The number of imidazole rings is 1. The highest BCUT2D eigenvalue weighted by atomic mass is 16.6. The zero-order valence-corrected chi connectivity index (χ0v) is 16.2. The number of ether oxygens (including phenoxy) is 2. The molecule has 1 aromatic heterocycles. The Labute approximate surface area is 158 Å². The minimum Gasteiger partial charge on any atom is -0.458 e. The summed E-state index contributed by atoms with van der Waals surface area (Å²) in [5.41, 5.74) is 2.24. The van der Waals surface area contributed by atoms with Gasteiger partial charge in [0.15, 0.2) is 0 Å². The lowest BCUT2D eigenvalue weighted by Crippen LogP contribution is -2.50. The summed E-state index contributed by atoms with van der Waals surface area (Å²) in [6.45, 7) is 9.68. The number of benzene rings is 1. The van der Waals surface area contributed by atoms with Crippen molar-refractivity contribution >= 4 is 28.8 Å². The lowest BCUT2D eigenvalue weighted by Gasteiger charge is -2.36. The highest BCUT2D eigenvalue weighted by Gasteiger charge is 2.26. The van der Waals surface area contributed by atoms with Crippen molar-refractivity contribution in [2.45, 2.75) is 39.9 Å². The molecule has 1 amide bonds. The van der Waals surface area contributed by atoms with Crippen molar-refractivity contribution in [2.24, 2.45) is 0 Å². The Hall–Kier alpha value is -2.77. The third-order valence-electron chi connectivity index (χ3n) is 4.22. The summed E-state index contributed by atoms with van der Waals surface area (Å²) < 4.78 is 10.5. The molecule has 0 radical (unpaired) electrons. The van der Waals surface area contributed by atoms with E-state index < -0.39 is 5.60 Å². The number of esters is 1. The molecule has 0 unspecified atom stereocenters. The first-order valence-electron chi connectivity index (χ1n) is 9.07. The van der Waals surface area contributed by atoms with Gasteiger partial charge in [-0.15, -0.1) is 0 Å². The maximum absolute atomic E-state index is 12.2. The number of carbonyl (C=O) groups is 2. The number of anilines is 1. The number of fused-ring (bicyclic) bond motifs is 1. The van der Waals surface area contributed by atoms with Crippen LogP contribution >= 0.6 is 0 Å². The lowest BCUT2D eigenvalue weighted by atomic mass is 10.2. The molecule has 1 aromatic carbocycles. The molecule has 0 atom stereocenters. The maximum atomic E-state index is 12.2. The molecule has 0 saturated carbocycles. The fourth-order valence-corrected chi connectivity index (χ4v) is 3.02. The monoisotopic (exact) mass is 374 g/mol. The fraction of sp³-hybridized carbons (Fsp3) is 0.526. The van der Waals surface area contributed by atoms with E-state index in [0.29, 0.717) is 32.0 Å². The van der Waals surface area contributed by atoms with Crippen molar-refractivity contribution in [1.29, 1.82) is 0 Å². The van der Waals surface area contributed by atoms with E-state index in [4.69, 9.17) is 9.47 Å². The molecule has 0 bridgehead atoms. The molecule has 1 fully saturated rings. The van der Waals surface area contributed by atoms with E-state index >= 15 is 0 Å². The van der Waals surface area contributed by atoms with Gasteiger partial charge in [-0.25, -0.2) is 9.78 Å². The molecule has 1 aliphatic rings. The molecule has 2 heterocycles. The number of H-pyrrole nitrogens is 1. The predicted molar refractivity (Wildman–Crippen MR) is 102 cm³/mol. The predicted octanol–water partition coefficient (Wildman–Crippen LogP) is 2.68.